The van der Waals surface area contributed by atoms with Crippen LogP contribution in [0.5, 0.6) is 5.75 Å². The number of methoxy groups -OCH3 is 1. The zero-order valence-electron chi connectivity index (χ0n) is 12.3. The van der Waals surface area contributed by atoms with E-state index in [0.29, 0.717) is 22.6 Å². The van der Waals surface area contributed by atoms with Gasteiger partial charge in [0.2, 0.25) is 0 Å². The molecule has 2 amide bonds. The van der Waals surface area contributed by atoms with E-state index in [1.165, 1.54) is 11.9 Å². The molecule has 2 aliphatic heterocycles. The lowest BCUT2D eigenvalue weighted by molar-refractivity contribution is -0.135. The second kappa shape index (κ2) is 5.24. The molecule has 0 spiro atoms. The fourth-order valence-corrected chi connectivity index (χ4v) is 2.96. The number of hydrogen-bond acceptors (Lipinski definition) is 4. The maximum absolute atomic E-state index is 12.5. The van der Waals surface area contributed by atoms with Gasteiger partial charge < -0.3 is 9.64 Å². The molecule has 1 aromatic rings. The van der Waals surface area contributed by atoms with Gasteiger partial charge in [0.1, 0.15) is 11.4 Å². The Labute approximate surface area is 123 Å². The molecule has 1 saturated heterocycles. The first kappa shape index (κ1) is 13.7. The van der Waals surface area contributed by atoms with Crippen molar-refractivity contribution in [1.82, 2.24) is 9.80 Å². The van der Waals surface area contributed by atoms with E-state index in [-0.39, 0.29) is 11.8 Å². The number of imide groups is 1. The van der Waals surface area contributed by atoms with E-state index in [0.717, 1.165) is 25.9 Å². The SMILES string of the molecule is COc1ccccc1C1=C(N2CCCC2)C(=O)N(C)C1=O. The minimum absolute atomic E-state index is 0.220. The third-order valence-corrected chi connectivity index (χ3v) is 4.06. The summed E-state index contributed by atoms with van der Waals surface area (Å²) in [7, 11) is 3.10. The number of likely N-dealkylation sites (N-methyl/N-ethyl adjacent to an activating group) is 1. The van der Waals surface area contributed by atoms with Crippen LogP contribution in [0.3, 0.4) is 0 Å². The summed E-state index contributed by atoms with van der Waals surface area (Å²) in [5.74, 6) is 0.134. The van der Waals surface area contributed by atoms with Crippen molar-refractivity contribution < 1.29 is 14.3 Å². The number of rotatable bonds is 3. The first-order chi connectivity index (χ1) is 10.1. The van der Waals surface area contributed by atoms with E-state index < -0.39 is 0 Å². The van der Waals surface area contributed by atoms with Crippen molar-refractivity contribution in [1.29, 1.82) is 0 Å². The zero-order chi connectivity index (χ0) is 15.0. The number of para-hydroxylation sites is 1. The second-order valence-electron chi connectivity index (χ2n) is 5.29. The van der Waals surface area contributed by atoms with Crippen LogP contribution in [0.25, 0.3) is 5.57 Å². The molecule has 3 rings (SSSR count). The summed E-state index contributed by atoms with van der Waals surface area (Å²) in [6, 6.07) is 7.33. The molecule has 0 unspecified atom stereocenters. The van der Waals surface area contributed by atoms with E-state index in [1.807, 2.05) is 23.1 Å². The van der Waals surface area contributed by atoms with Crippen LogP contribution >= 0.6 is 0 Å². The molecular formula is C16H18N2O3. The molecule has 0 aromatic heterocycles. The van der Waals surface area contributed by atoms with Crippen molar-refractivity contribution in [2.45, 2.75) is 12.8 Å². The van der Waals surface area contributed by atoms with Gasteiger partial charge in [0, 0.05) is 25.7 Å². The molecule has 21 heavy (non-hydrogen) atoms. The highest BCUT2D eigenvalue weighted by molar-refractivity contribution is 6.35. The molecule has 0 atom stereocenters. The smallest absolute Gasteiger partial charge is 0.277 e. The lowest BCUT2D eigenvalue weighted by Gasteiger charge is -2.19. The van der Waals surface area contributed by atoms with E-state index >= 15 is 0 Å². The van der Waals surface area contributed by atoms with Crippen LogP contribution in [0, 0.1) is 0 Å². The fraction of sp³-hybridized carbons (Fsp3) is 0.375. The molecule has 0 saturated carbocycles. The average Bonchev–Trinajstić information content (AvgIpc) is 3.10. The Morgan fingerprint density at radius 1 is 1.05 bits per heavy atom. The molecular weight excluding hydrogens is 268 g/mol. The predicted molar refractivity (Wildman–Crippen MR) is 78.5 cm³/mol. The van der Waals surface area contributed by atoms with Crippen LogP contribution in [0.1, 0.15) is 18.4 Å². The number of benzene rings is 1. The first-order valence-corrected chi connectivity index (χ1v) is 7.10. The Morgan fingerprint density at radius 2 is 1.71 bits per heavy atom. The molecule has 2 heterocycles. The number of nitrogens with zero attached hydrogens (tertiary/aromatic N) is 2. The Kier molecular flexibility index (Phi) is 3.41. The maximum Gasteiger partial charge on any atom is 0.277 e. The molecule has 0 bridgehead atoms. The van der Waals surface area contributed by atoms with Gasteiger partial charge in [0.05, 0.1) is 12.7 Å². The van der Waals surface area contributed by atoms with Crippen LogP contribution in [-0.4, -0.2) is 48.9 Å². The van der Waals surface area contributed by atoms with Crippen molar-refractivity contribution >= 4 is 17.4 Å². The minimum Gasteiger partial charge on any atom is -0.496 e. The van der Waals surface area contributed by atoms with E-state index in [1.54, 1.807) is 13.2 Å². The van der Waals surface area contributed by atoms with Crippen molar-refractivity contribution in [3.05, 3.63) is 35.5 Å². The monoisotopic (exact) mass is 286 g/mol. The van der Waals surface area contributed by atoms with E-state index in [2.05, 4.69) is 0 Å². The maximum atomic E-state index is 12.5. The highest BCUT2D eigenvalue weighted by Gasteiger charge is 2.40. The van der Waals surface area contributed by atoms with E-state index in [9.17, 15) is 9.59 Å². The highest BCUT2D eigenvalue weighted by Crippen LogP contribution is 2.36. The summed E-state index contributed by atoms with van der Waals surface area (Å²) in [6.45, 7) is 1.64. The number of carbonyl (C=O) groups excluding carboxylic acids is 2. The van der Waals surface area contributed by atoms with Gasteiger partial charge in [-0.25, -0.2) is 0 Å². The largest absolute Gasteiger partial charge is 0.496 e. The van der Waals surface area contributed by atoms with E-state index in [4.69, 9.17) is 4.74 Å². The van der Waals surface area contributed by atoms with Crippen LogP contribution in [-0.2, 0) is 9.59 Å². The van der Waals surface area contributed by atoms with Gasteiger partial charge in [-0.05, 0) is 18.9 Å². The first-order valence-electron chi connectivity index (χ1n) is 7.10. The molecule has 1 fully saturated rings. The third-order valence-electron chi connectivity index (χ3n) is 4.06. The van der Waals surface area contributed by atoms with Gasteiger partial charge in [-0.15, -0.1) is 0 Å². The Hall–Kier alpha value is -2.30. The van der Waals surface area contributed by atoms with Gasteiger partial charge >= 0.3 is 0 Å². The van der Waals surface area contributed by atoms with Gasteiger partial charge in [-0.1, -0.05) is 18.2 Å². The average molecular weight is 286 g/mol. The van der Waals surface area contributed by atoms with Crippen molar-refractivity contribution in [3.63, 3.8) is 0 Å². The number of hydrogen-bond donors (Lipinski definition) is 0. The standard InChI is InChI=1S/C16H18N2O3/c1-17-15(19)13(11-7-3-4-8-12(11)21-2)14(16(17)20)18-9-5-6-10-18/h3-4,7-8H,5-6,9-10H2,1-2H3. The summed E-state index contributed by atoms with van der Waals surface area (Å²) in [5, 5.41) is 0. The van der Waals surface area contributed by atoms with Gasteiger partial charge in [0.15, 0.2) is 0 Å². The Bertz CT molecular complexity index is 630. The van der Waals surface area contributed by atoms with Gasteiger partial charge in [-0.3, -0.25) is 14.5 Å². The number of amides is 2. The van der Waals surface area contributed by atoms with Gasteiger partial charge in [0.25, 0.3) is 11.8 Å². The second-order valence-corrected chi connectivity index (χ2v) is 5.29. The lowest BCUT2D eigenvalue weighted by atomic mass is 10.0. The normalized spacial score (nSPS) is 19.0. The van der Waals surface area contributed by atoms with Crippen LogP contribution in [0.4, 0.5) is 0 Å². The lowest BCUT2D eigenvalue weighted by Crippen LogP contribution is -2.31. The number of likely N-dealkylation sites (tertiary alicyclic amines) is 1. The molecule has 0 aliphatic carbocycles. The minimum atomic E-state index is -0.258. The molecule has 2 aliphatic rings. The number of carbonyl (C=O) groups is 2. The Balaban J connectivity index is 2.18. The predicted octanol–water partition coefficient (Wildman–Crippen LogP) is 1.50. The summed E-state index contributed by atoms with van der Waals surface area (Å²) in [5.41, 5.74) is 1.66. The summed E-state index contributed by atoms with van der Waals surface area (Å²) >= 11 is 0. The molecule has 1 aromatic carbocycles. The third kappa shape index (κ3) is 2.09. The van der Waals surface area contributed by atoms with Crippen LogP contribution < -0.4 is 4.74 Å². The van der Waals surface area contributed by atoms with Gasteiger partial charge in [-0.2, -0.15) is 0 Å². The topological polar surface area (TPSA) is 49.9 Å². The highest BCUT2D eigenvalue weighted by atomic mass is 16.5. The molecule has 5 nitrogen and oxygen atoms in total. The number of ether oxygens (including phenoxy) is 1. The Morgan fingerprint density at radius 3 is 2.38 bits per heavy atom. The molecule has 5 heteroatoms. The summed E-state index contributed by atoms with van der Waals surface area (Å²) in [6.07, 6.45) is 2.10. The molecule has 0 radical (unpaired) electrons. The van der Waals surface area contributed by atoms with Crippen molar-refractivity contribution in [2.75, 3.05) is 27.2 Å². The quantitative estimate of drug-likeness (QED) is 0.790. The van der Waals surface area contributed by atoms with Crippen molar-refractivity contribution in [3.8, 4) is 5.75 Å². The van der Waals surface area contributed by atoms with Crippen molar-refractivity contribution in [2.24, 2.45) is 0 Å². The summed E-state index contributed by atoms with van der Waals surface area (Å²) < 4.78 is 5.35. The molecule has 110 valence electrons. The zero-order valence-corrected chi connectivity index (χ0v) is 12.3. The van der Waals surface area contributed by atoms with Crippen LogP contribution in [0.15, 0.2) is 30.0 Å². The fourth-order valence-electron chi connectivity index (χ4n) is 2.96. The molecule has 0 N–H and O–H groups in total. The van der Waals surface area contributed by atoms with Crippen LogP contribution in [0.2, 0.25) is 0 Å². The summed E-state index contributed by atoms with van der Waals surface area (Å²) in [4.78, 5) is 28.2.